The highest BCUT2D eigenvalue weighted by Gasteiger charge is 2.25. The molecule has 0 spiro atoms. The number of nitriles is 1. The SMILES string of the molecule is N#Cc1cccc(C(=O)N2CCN(C(=O)CCC3CCCC3)CC2)c1. The summed E-state index contributed by atoms with van der Waals surface area (Å²) in [6, 6.07) is 8.85. The Morgan fingerprint density at radius 2 is 1.76 bits per heavy atom. The Balaban J connectivity index is 1.48. The van der Waals surface area contributed by atoms with Gasteiger partial charge < -0.3 is 9.80 Å². The van der Waals surface area contributed by atoms with Gasteiger partial charge in [0.25, 0.3) is 5.91 Å². The zero-order valence-corrected chi connectivity index (χ0v) is 14.6. The first-order chi connectivity index (χ1) is 12.2. The van der Waals surface area contributed by atoms with Crippen molar-refractivity contribution in [1.29, 1.82) is 5.26 Å². The summed E-state index contributed by atoms with van der Waals surface area (Å²) in [6.07, 6.45) is 6.83. The molecule has 0 radical (unpaired) electrons. The molecule has 1 saturated carbocycles. The Morgan fingerprint density at radius 3 is 2.44 bits per heavy atom. The van der Waals surface area contributed by atoms with Gasteiger partial charge in [0, 0.05) is 38.2 Å². The zero-order valence-electron chi connectivity index (χ0n) is 14.6. The van der Waals surface area contributed by atoms with Gasteiger partial charge in [0.1, 0.15) is 0 Å². The molecule has 1 aliphatic carbocycles. The highest BCUT2D eigenvalue weighted by atomic mass is 16.2. The van der Waals surface area contributed by atoms with Gasteiger partial charge in [-0.15, -0.1) is 0 Å². The molecule has 2 fully saturated rings. The van der Waals surface area contributed by atoms with Gasteiger partial charge >= 0.3 is 0 Å². The van der Waals surface area contributed by atoms with E-state index in [0.29, 0.717) is 43.7 Å². The molecule has 3 rings (SSSR count). The van der Waals surface area contributed by atoms with Crippen molar-refractivity contribution in [3.8, 4) is 6.07 Å². The van der Waals surface area contributed by atoms with E-state index in [2.05, 4.69) is 6.07 Å². The topological polar surface area (TPSA) is 64.4 Å². The average molecular weight is 339 g/mol. The number of hydrogen-bond acceptors (Lipinski definition) is 3. The second-order valence-electron chi connectivity index (χ2n) is 7.05. The first-order valence-electron chi connectivity index (χ1n) is 9.24. The summed E-state index contributed by atoms with van der Waals surface area (Å²) in [5, 5.41) is 8.96. The Morgan fingerprint density at radius 1 is 1.08 bits per heavy atom. The minimum absolute atomic E-state index is 0.0600. The molecule has 1 saturated heterocycles. The van der Waals surface area contributed by atoms with E-state index in [4.69, 9.17) is 5.26 Å². The maximum absolute atomic E-state index is 12.6. The van der Waals surface area contributed by atoms with Crippen molar-refractivity contribution >= 4 is 11.8 Å². The van der Waals surface area contributed by atoms with E-state index in [0.717, 1.165) is 12.3 Å². The normalized spacial score (nSPS) is 18.2. The molecule has 1 aromatic carbocycles. The Bertz CT molecular complexity index is 666. The molecule has 5 nitrogen and oxygen atoms in total. The van der Waals surface area contributed by atoms with Gasteiger partial charge in [-0.05, 0) is 30.5 Å². The van der Waals surface area contributed by atoms with Crippen LogP contribution in [0.4, 0.5) is 0 Å². The van der Waals surface area contributed by atoms with Crippen LogP contribution < -0.4 is 0 Å². The lowest BCUT2D eigenvalue weighted by Crippen LogP contribution is -2.50. The highest BCUT2D eigenvalue weighted by molar-refractivity contribution is 5.94. The Labute approximate surface area is 149 Å². The third-order valence-electron chi connectivity index (χ3n) is 5.40. The minimum atomic E-state index is -0.0600. The molecule has 5 heteroatoms. The molecule has 1 aromatic rings. The van der Waals surface area contributed by atoms with Gasteiger partial charge in [-0.3, -0.25) is 9.59 Å². The molecule has 1 heterocycles. The molecule has 2 aliphatic rings. The Kier molecular flexibility index (Phi) is 5.70. The van der Waals surface area contributed by atoms with Gasteiger partial charge in [0.05, 0.1) is 11.6 Å². The smallest absolute Gasteiger partial charge is 0.254 e. The molecular weight excluding hydrogens is 314 g/mol. The summed E-state index contributed by atoms with van der Waals surface area (Å²) >= 11 is 0. The second kappa shape index (κ2) is 8.15. The lowest BCUT2D eigenvalue weighted by molar-refractivity contribution is -0.133. The van der Waals surface area contributed by atoms with E-state index >= 15 is 0 Å². The van der Waals surface area contributed by atoms with E-state index < -0.39 is 0 Å². The number of benzene rings is 1. The lowest BCUT2D eigenvalue weighted by atomic mass is 10.0. The first kappa shape index (κ1) is 17.5. The van der Waals surface area contributed by atoms with E-state index in [-0.39, 0.29) is 11.8 Å². The standard InChI is InChI=1S/C20H25N3O2/c21-15-17-6-3-7-18(14-17)20(25)23-12-10-22(11-13-23)19(24)9-8-16-4-1-2-5-16/h3,6-7,14,16H,1-2,4-5,8-13H2. The number of amides is 2. The number of carbonyl (C=O) groups excluding carboxylic acids is 2. The van der Waals surface area contributed by atoms with Gasteiger partial charge in [0.15, 0.2) is 0 Å². The predicted octanol–water partition coefficient (Wildman–Crippen LogP) is 2.81. The van der Waals surface area contributed by atoms with Crippen LogP contribution in [0, 0.1) is 17.2 Å². The van der Waals surface area contributed by atoms with Crippen LogP contribution >= 0.6 is 0 Å². The van der Waals surface area contributed by atoms with Crippen LogP contribution in [0.2, 0.25) is 0 Å². The zero-order chi connectivity index (χ0) is 17.6. The second-order valence-corrected chi connectivity index (χ2v) is 7.05. The van der Waals surface area contributed by atoms with Crippen LogP contribution in [0.5, 0.6) is 0 Å². The molecule has 25 heavy (non-hydrogen) atoms. The quantitative estimate of drug-likeness (QED) is 0.847. The number of piperazine rings is 1. The van der Waals surface area contributed by atoms with Crippen LogP contribution in [0.3, 0.4) is 0 Å². The maximum atomic E-state index is 12.6. The molecule has 2 amide bonds. The largest absolute Gasteiger partial charge is 0.339 e. The van der Waals surface area contributed by atoms with Crippen molar-refractivity contribution in [1.82, 2.24) is 9.80 Å². The van der Waals surface area contributed by atoms with Crippen molar-refractivity contribution in [2.75, 3.05) is 26.2 Å². The van der Waals surface area contributed by atoms with Crippen LogP contribution in [0.15, 0.2) is 24.3 Å². The maximum Gasteiger partial charge on any atom is 0.254 e. The van der Waals surface area contributed by atoms with E-state index in [1.54, 1.807) is 29.2 Å². The van der Waals surface area contributed by atoms with Gasteiger partial charge in [-0.2, -0.15) is 5.26 Å². The minimum Gasteiger partial charge on any atom is -0.339 e. The number of hydrogen-bond donors (Lipinski definition) is 0. The fourth-order valence-electron chi connectivity index (χ4n) is 3.85. The van der Waals surface area contributed by atoms with Crippen LogP contribution in [0.25, 0.3) is 0 Å². The molecule has 0 atom stereocenters. The monoisotopic (exact) mass is 339 g/mol. The summed E-state index contributed by atoms with van der Waals surface area (Å²) in [5.41, 5.74) is 1.03. The molecule has 132 valence electrons. The van der Waals surface area contributed by atoms with Crippen LogP contribution in [-0.2, 0) is 4.79 Å². The third-order valence-corrected chi connectivity index (χ3v) is 5.40. The first-order valence-corrected chi connectivity index (χ1v) is 9.24. The fraction of sp³-hybridized carbons (Fsp3) is 0.550. The van der Waals surface area contributed by atoms with Crippen molar-refractivity contribution in [3.63, 3.8) is 0 Å². The van der Waals surface area contributed by atoms with E-state index in [1.807, 2.05) is 4.90 Å². The Hall–Kier alpha value is -2.35. The molecule has 1 aliphatic heterocycles. The number of rotatable bonds is 4. The molecule has 0 bridgehead atoms. The molecule has 0 aromatic heterocycles. The van der Waals surface area contributed by atoms with Crippen LogP contribution in [0.1, 0.15) is 54.4 Å². The molecule has 0 unspecified atom stereocenters. The summed E-state index contributed by atoms with van der Waals surface area (Å²) < 4.78 is 0. The lowest BCUT2D eigenvalue weighted by Gasteiger charge is -2.35. The van der Waals surface area contributed by atoms with Crippen molar-refractivity contribution in [2.45, 2.75) is 38.5 Å². The summed E-state index contributed by atoms with van der Waals surface area (Å²) in [6.45, 7) is 2.33. The predicted molar refractivity (Wildman–Crippen MR) is 94.8 cm³/mol. The molecular formula is C20H25N3O2. The van der Waals surface area contributed by atoms with Gasteiger partial charge in [-0.25, -0.2) is 0 Å². The average Bonchev–Trinajstić information content (AvgIpc) is 3.19. The third kappa shape index (κ3) is 4.39. The van der Waals surface area contributed by atoms with Gasteiger partial charge in [-0.1, -0.05) is 31.7 Å². The summed E-state index contributed by atoms with van der Waals surface area (Å²) in [5.74, 6) is 0.903. The number of carbonyl (C=O) groups is 2. The van der Waals surface area contributed by atoms with Gasteiger partial charge in [0.2, 0.25) is 5.91 Å². The van der Waals surface area contributed by atoms with E-state index in [1.165, 1.54) is 25.7 Å². The summed E-state index contributed by atoms with van der Waals surface area (Å²) in [7, 11) is 0. The summed E-state index contributed by atoms with van der Waals surface area (Å²) in [4.78, 5) is 28.6. The van der Waals surface area contributed by atoms with Crippen molar-refractivity contribution in [3.05, 3.63) is 35.4 Å². The molecule has 0 N–H and O–H groups in total. The number of nitrogens with zero attached hydrogens (tertiary/aromatic N) is 3. The van der Waals surface area contributed by atoms with Crippen LogP contribution in [-0.4, -0.2) is 47.8 Å². The fourth-order valence-corrected chi connectivity index (χ4v) is 3.85. The van der Waals surface area contributed by atoms with Crippen molar-refractivity contribution in [2.24, 2.45) is 5.92 Å². The van der Waals surface area contributed by atoms with Crippen molar-refractivity contribution < 1.29 is 9.59 Å². The van der Waals surface area contributed by atoms with E-state index in [9.17, 15) is 9.59 Å². The highest BCUT2D eigenvalue weighted by Crippen LogP contribution is 2.28.